The number of rotatable bonds is 3. The van der Waals surface area contributed by atoms with E-state index in [1.165, 1.54) is 25.0 Å². The number of amides is 2. The highest BCUT2D eigenvalue weighted by atomic mass is 79.9. The summed E-state index contributed by atoms with van der Waals surface area (Å²) >= 11 is 3.31. The maximum Gasteiger partial charge on any atom is 0.335 e. The molecule has 1 aromatic rings. The van der Waals surface area contributed by atoms with Crippen LogP contribution >= 0.6 is 15.9 Å². The van der Waals surface area contributed by atoms with Crippen LogP contribution in [0.3, 0.4) is 0 Å². The highest BCUT2D eigenvalue weighted by Crippen LogP contribution is 2.24. The standard InChI is InChI=1S/C15H19BrN2O3/c16-12-8-7-10(14(19)20)9-13(12)18-15(21)17-11-5-3-1-2-4-6-11/h7-9,11H,1-6H2,(H,19,20)(H2,17,18,21). The Morgan fingerprint density at radius 1 is 1.14 bits per heavy atom. The van der Waals surface area contributed by atoms with Crippen molar-refractivity contribution in [2.24, 2.45) is 0 Å². The first-order chi connectivity index (χ1) is 10.1. The Morgan fingerprint density at radius 2 is 1.81 bits per heavy atom. The van der Waals surface area contributed by atoms with E-state index in [0.717, 1.165) is 25.7 Å². The van der Waals surface area contributed by atoms with Crippen LogP contribution in [-0.2, 0) is 0 Å². The van der Waals surface area contributed by atoms with Gasteiger partial charge in [0.05, 0.1) is 11.3 Å². The number of carboxylic acids is 1. The Labute approximate surface area is 132 Å². The van der Waals surface area contributed by atoms with E-state index in [2.05, 4.69) is 26.6 Å². The molecular formula is C15H19BrN2O3. The molecule has 3 N–H and O–H groups in total. The molecule has 21 heavy (non-hydrogen) atoms. The molecule has 1 aromatic carbocycles. The molecule has 2 rings (SSSR count). The minimum Gasteiger partial charge on any atom is -0.478 e. The summed E-state index contributed by atoms with van der Waals surface area (Å²) in [6.45, 7) is 0. The van der Waals surface area contributed by atoms with E-state index in [1.54, 1.807) is 6.07 Å². The van der Waals surface area contributed by atoms with Crippen LogP contribution in [0.2, 0.25) is 0 Å². The molecule has 1 saturated carbocycles. The zero-order valence-corrected chi connectivity index (χ0v) is 13.3. The van der Waals surface area contributed by atoms with E-state index in [4.69, 9.17) is 5.11 Å². The molecule has 0 spiro atoms. The Kier molecular flexibility index (Phi) is 5.61. The smallest absolute Gasteiger partial charge is 0.335 e. The van der Waals surface area contributed by atoms with Gasteiger partial charge >= 0.3 is 12.0 Å². The average Bonchev–Trinajstić information content (AvgIpc) is 2.69. The molecule has 5 nitrogen and oxygen atoms in total. The van der Waals surface area contributed by atoms with Crippen LogP contribution in [0.5, 0.6) is 0 Å². The predicted molar refractivity (Wildman–Crippen MR) is 84.7 cm³/mol. The van der Waals surface area contributed by atoms with Crippen molar-refractivity contribution in [3.05, 3.63) is 28.2 Å². The van der Waals surface area contributed by atoms with Crippen LogP contribution in [0, 0.1) is 0 Å². The van der Waals surface area contributed by atoms with Gasteiger partial charge in [-0.1, -0.05) is 25.7 Å². The molecule has 1 aliphatic rings. The van der Waals surface area contributed by atoms with Gasteiger partial charge in [-0.3, -0.25) is 0 Å². The fourth-order valence-electron chi connectivity index (χ4n) is 2.52. The minimum absolute atomic E-state index is 0.142. The van der Waals surface area contributed by atoms with Gasteiger partial charge in [0, 0.05) is 10.5 Å². The number of halogens is 1. The number of hydrogen-bond donors (Lipinski definition) is 3. The van der Waals surface area contributed by atoms with Gasteiger partial charge < -0.3 is 15.7 Å². The summed E-state index contributed by atoms with van der Waals surface area (Å²) in [4.78, 5) is 23.0. The number of urea groups is 1. The maximum atomic E-state index is 12.0. The third kappa shape index (κ3) is 4.74. The minimum atomic E-state index is -1.02. The van der Waals surface area contributed by atoms with E-state index >= 15 is 0 Å². The molecule has 6 heteroatoms. The van der Waals surface area contributed by atoms with E-state index < -0.39 is 5.97 Å². The van der Waals surface area contributed by atoms with Crippen LogP contribution in [0.4, 0.5) is 10.5 Å². The lowest BCUT2D eigenvalue weighted by Gasteiger charge is -2.17. The van der Waals surface area contributed by atoms with Crippen molar-refractivity contribution in [3.8, 4) is 0 Å². The topological polar surface area (TPSA) is 78.4 Å². The summed E-state index contributed by atoms with van der Waals surface area (Å²) in [5.74, 6) is -1.02. The molecular weight excluding hydrogens is 336 g/mol. The van der Waals surface area contributed by atoms with Crippen molar-refractivity contribution in [3.63, 3.8) is 0 Å². The van der Waals surface area contributed by atoms with Gasteiger partial charge in [-0.15, -0.1) is 0 Å². The first-order valence-electron chi connectivity index (χ1n) is 7.16. The molecule has 0 aliphatic heterocycles. The van der Waals surface area contributed by atoms with Crippen LogP contribution in [0.1, 0.15) is 48.9 Å². The van der Waals surface area contributed by atoms with Crippen molar-refractivity contribution in [1.29, 1.82) is 0 Å². The van der Waals surface area contributed by atoms with Gasteiger partial charge in [-0.25, -0.2) is 9.59 Å². The third-order valence-corrected chi connectivity index (χ3v) is 4.34. The lowest BCUT2D eigenvalue weighted by Crippen LogP contribution is -2.37. The van der Waals surface area contributed by atoms with Crippen LogP contribution < -0.4 is 10.6 Å². The monoisotopic (exact) mass is 354 g/mol. The highest BCUT2D eigenvalue weighted by Gasteiger charge is 2.16. The van der Waals surface area contributed by atoms with E-state index in [1.807, 2.05) is 0 Å². The Balaban J connectivity index is 1.98. The quantitative estimate of drug-likeness (QED) is 0.718. The number of carboxylic acid groups (broad SMARTS) is 1. The Hall–Kier alpha value is -1.56. The summed E-state index contributed by atoms with van der Waals surface area (Å²) in [6.07, 6.45) is 6.75. The zero-order chi connectivity index (χ0) is 15.2. The second kappa shape index (κ2) is 7.45. The summed E-state index contributed by atoms with van der Waals surface area (Å²) in [7, 11) is 0. The maximum absolute atomic E-state index is 12.0. The molecule has 0 radical (unpaired) electrons. The van der Waals surface area contributed by atoms with Crippen molar-refractivity contribution < 1.29 is 14.7 Å². The molecule has 0 heterocycles. The van der Waals surface area contributed by atoms with E-state index in [-0.39, 0.29) is 17.6 Å². The first-order valence-corrected chi connectivity index (χ1v) is 7.96. The van der Waals surface area contributed by atoms with Crippen molar-refractivity contribution in [2.45, 2.75) is 44.6 Å². The number of carbonyl (C=O) groups is 2. The van der Waals surface area contributed by atoms with Gasteiger partial charge in [0.25, 0.3) is 0 Å². The molecule has 0 saturated heterocycles. The number of anilines is 1. The predicted octanol–water partition coefficient (Wildman–Crippen LogP) is 3.99. The van der Waals surface area contributed by atoms with Crippen LogP contribution in [0.15, 0.2) is 22.7 Å². The van der Waals surface area contributed by atoms with Crippen molar-refractivity contribution >= 4 is 33.6 Å². The number of aromatic carboxylic acids is 1. The lowest BCUT2D eigenvalue weighted by molar-refractivity contribution is 0.0697. The fourth-order valence-corrected chi connectivity index (χ4v) is 2.87. The first kappa shape index (κ1) is 15.8. The van der Waals surface area contributed by atoms with Gasteiger partial charge in [0.1, 0.15) is 0 Å². The molecule has 0 bridgehead atoms. The van der Waals surface area contributed by atoms with E-state index in [9.17, 15) is 9.59 Å². The molecule has 1 fully saturated rings. The third-order valence-electron chi connectivity index (χ3n) is 3.65. The zero-order valence-electron chi connectivity index (χ0n) is 11.7. The highest BCUT2D eigenvalue weighted by molar-refractivity contribution is 9.10. The molecule has 1 aliphatic carbocycles. The molecule has 0 atom stereocenters. The number of hydrogen-bond acceptors (Lipinski definition) is 2. The van der Waals surface area contributed by atoms with E-state index in [0.29, 0.717) is 10.2 Å². The normalized spacial score (nSPS) is 16.0. The summed E-state index contributed by atoms with van der Waals surface area (Å²) < 4.78 is 0.656. The second-order valence-electron chi connectivity index (χ2n) is 5.29. The molecule has 114 valence electrons. The second-order valence-corrected chi connectivity index (χ2v) is 6.14. The van der Waals surface area contributed by atoms with Crippen LogP contribution in [-0.4, -0.2) is 23.1 Å². The molecule has 0 aromatic heterocycles. The number of nitrogens with one attached hydrogen (secondary N) is 2. The van der Waals surface area contributed by atoms with Crippen molar-refractivity contribution in [1.82, 2.24) is 5.32 Å². The summed E-state index contributed by atoms with van der Waals surface area (Å²) in [5, 5.41) is 14.7. The van der Waals surface area contributed by atoms with Crippen molar-refractivity contribution in [2.75, 3.05) is 5.32 Å². The van der Waals surface area contributed by atoms with Gasteiger partial charge in [-0.2, -0.15) is 0 Å². The Morgan fingerprint density at radius 3 is 2.43 bits per heavy atom. The molecule has 0 unspecified atom stereocenters. The summed E-state index contributed by atoms with van der Waals surface area (Å²) in [5.41, 5.74) is 0.601. The molecule has 2 amide bonds. The number of benzene rings is 1. The average molecular weight is 355 g/mol. The fraction of sp³-hybridized carbons (Fsp3) is 0.467. The largest absolute Gasteiger partial charge is 0.478 e. The van der Waals surface area contributed by atoms with Gasteiger partial charge in [0.15, 0.2) is 0 Å². The number of carbonyl (C=O) groups excluding carboxylic acids is 1. The SMILES string of the molecule is O=C(Nc1cc(C(=O)O)ccc1Br)NC1CCCCCC1. The Bertz CT molecular complexity index is 526. The van der Waals surface area contributed by atoms with Gasteiger partial charge in [-0.05, 0) is 47.0 Å². The van der Waals surface area contributed by atoms with Gasteiger partial charge in [0.2, 0.25) is 0 Å². The van der Waals surface area contributed by atoms with Crippen LogP contribution in [0.25, 0.3) is 0 Å². The summed E-state index contributed by atoms with van der Waals surface area (Å²) in [6, 6.07) is 4.46. The lowest BCUT2D eigenvalue weighted by atomic mass is 10.1.